The third-order valence-corrected chi connectivity index (χ3v) is 5.01. The molecule has 0 aliphatic carbocycles. The highest BCUT2D eigenvalue weighted by atomic mass is 16.2. The number of likely N-dealkylation sites (tertiary alicyclic amines) is 1. The first-order chi connectivity index (χ1) is 11.0. The Bertz CT molecular complexity index is 726. The summed E-state index contributed by atoms with van der Waals surface area (Å²) in [6.07, 6.45) is 3.56. The molecular weight excluding hydrogens is 288 g/mol. The average Bonchev–Trinajstić information content (AvgIpc) is 2.88. The summed E-state index contributed by atoms with van der Waals surface area (Å²) in [6.45, 7) is 10.2. The average molecular weight is 314 g/mol. The summed E-state index contributed by atoms with van der Waals surface area (Å²) >= 11 is 0. The summed E-state index contributed by atoms with van der Waals surface area (Å²) in [5.41, 5.74) is 5.11. The maximum absolute atomic E-state index is 12.5. The van der Waals surface area contributed by atoms with E-state index in [1.807, 2.05) is 29.3 Å². The van der Waals surface area contributed by atoms with Crippen LogP contribution in [0.5, 0.6) is 0 Å². The van der Waals surface area contributed by atoms with Crippen LogP contribution >= 0.6 is 0 Å². The molecule has 0 atom stereocenters. The minimum Gasteiger partial charge on any atom is -0.343 e. The lowest BCUT2D eigenvalue weighted by molar-refractivity contribution is -0.132. The molecule has 0 radical (unpaired) electrons. The molecule has 2 aromatic heterocycles. The van der Waals surface area contributed by atoms with Gasteiger partial charge in [-0.05, 0) is 51.5 Å². The molecule has 3 rings (SSSR count). The molecule has 0 saturated carbocycles. The van der Waals surface area contributed by atoms with Crippen LogP contribution in [0.1, 0.15) is 48.8 Å². The van der Waals surface area contributed by atoms with E-state index in [0.29, 0.717) is 6.42 Å². The van der Waals surface area contributed by atoms with Gasteiger partial charge in [0, 0.05) is 37.0 Å². The van der Waals surface area contributed by atoms with Gasteiger partial charge in [0.15, 0.2) is 5.65 Å². The lowest BCUT2D eigenvalue weighted by Gasteiger charge is -2.30. The molecule has 1 aliphatic rings. The molecule has 1 aliphatic heterocycles. The van der Waals surface area contributed by atoms with Crippen molar-refractivity contribution in [3.63, 3.8) is 0 Å². The molecule has 0 bridgehead atoms. The molecule has 1 amide bonds. The predicted molar refractivity (Wildman–Crippen MR) is 90.5 cm³/mol. The molecule has 2 aromatic rings. The van der Waals surface area contributed by atoms with Gasteiger partial charge < -0.3 is 4.90 Å². The number of aryl methyl sites for hydroxylation is 3. The number of amides is 1. The number of rotatable bonds is 3. The van der Waals surface area contributed by atoms with Crippen LogP contribution in [0.15, 0.2) is 6.07 Å². The molecule has 1 saturated heterocycles. The van der Waals surface area contributed by atoms with Crippen LogP contribution in [0.3, 0.4) is 0 Å². The van der Waals surface area contributed by atoms with E-state index in [0.717, 1.165) is 66.6 Å². The highest BCUT2D eigenvalue weighted by molar-refractivity contribution is 5.76. The highest BCUT2D eigenvalue weighted by Crippen LogP contribution is 2.20. The molecular formula is C18H26N4O. The van der Waals surface area contributed by atoms with Crippen LogP contribution in [-0.2, 0) is 11.2 Å². The van der Waals surface area contributed by atoms with E-state index in [4.69, 9.17) is 0 Å². The SMILES string of the molecule is Cc1cc2nc(C)c(CCC(=O)N3CCC(C)CC3)c(C)n2n1. The second kappa shape index (κ2) is 6.30. The molecule has 124 valence electrons. The van der Waals surface area contributed by atoms with Crippen molar-refractivity contribution in [2.75, 3.05) is 13.1 Å². The Balaban J connectivity index is 1.73. The van der Waals surface area contributed by atoms with Crippen LogP contribution in [0.25, 0.3) is 5.65 Å². The van der Waals surface area contributed by atoms with Crippen molar-refractivity contribution in [1.82, 2.24) is 19.5 Å². The van der Waals surface area contributed by atoms with Gasteiger partial charge in [0.1, 0.15) is 0 Å². The summed E-state index contributed by atoms with van der Waals surface area (Å²) in [6, 6.07) is 1.99. The van der Waals surface area contributed by atoms with E-state index < -0.39 is 0 Å². The van der Waals surface area contributed by atoms with Crippen molar-refractivity contribution in [2.24, 2.45) is 5.92 Å². The third-order valence-electron chi connectivity index (χ3n) is 5.01. The molecule has 1 fully saturated rings. The molecule has 23 heavy (non-hydrogen) atoms. The molecule has 0 spiro atoms. The van der Waals surface area contributed by atoms with E-state index in [1.54, 1.807) is 0 Å². The fraction of sp³-hybridized carbons (Fsp3) is 0.611. The predicted octanol–water partition coefficient (Wildman–Crippen LogP) is 2.85. The Kier molecular flexibility index (Phi) is 4.37. The fourth-order valence-electron chi connectivity index (χ4n) is 3.45. The largest absolute Gasteiger partial charge is 0.343 e. The van der Waals surface area contributed by atoms with Crippen molar-refractivity contribution >= 4 is 11.6 Å². The normalized spacial score (nSPS) is 16.3. The number of hydrogen-bond acceptors (Lipinski definition) is 3. The number of aromatic nitrogens is 3. The lowest BCUT2D eigenvalue weighted by Crippen LogP contribution is -2.38. The van der Waals surface area contributed by atoms with Gasteiger partial charge >= 0.3 is 0 Å². The summed E-state index contributed by atoms with van der Waals surface area (Å²) in [4.78, 5) is 19.1. The van der Waals surface area contributed by atoms with E-state index in [-0.39, 0.29) is 5.91 Å². The van der Waals surface area contributed by atoms with Gasteiger partial charge in [0.2, 0.25) is 5.91 Å². The summed E-state index contributed by atoms with van der Waals surface area (Å²) in [5, 5.41) is 4.50. The second-order valence-corrected chi connectivity index (χ2v) is 6.88. The number of carbonyl (C=O) groups excluding carboxylic acids is 1. The Morgan fingerprint density at radius 3 is 2.65 bits per heavy atom. The van der Waals surface area contributed by atoms with Gasteiger partial charge in [-0.15, -0.1) is 0 Å². The zero-order chi connectivity index (χ0) is 16.6. The summed E-state index contributed by atoms with van der Waals surface area (Å²) in [5.74, 6) is 1.02. The standard InChI is InChI=1S/C18H26N4O/c1-12-7-9-21(10-8-12)18(23)6-5-16-14(3)19-17-11-13(2)20-22(17)15(16)4/h11-12H,5-10H2,1-4H3. The van der Waals surface area contributed by atoms with Gasteiger partial charge in [-0.1, -0.05) is 6.92 Å². The van der Waals surface area contributed by atoms with Gasteiger partial charge in [-0.3, -0.25) is 4.79 Å². The molecule has 0 unspecified atom stereocenters. The van der Waals surface area contributed by atoms with Crippen LogP contribution in [-0.4, -0.2) is 38.5 Å². The number of piperidine rings is 1. The topological polar surface area (TPSA) is 50.5 Å². The maximum atomic E-state index is 12.5. The minimum absolute atomic E-state index is 0.271. The van der Waals surface area contributed by atoms with Crippen LogP contribution < -0.4 is 0 Å². The number of carbonyl (C=O) groups is 1. The Morgan fingerprint density at radius 1 is 1.26 bits per heavy atom. The number of nitrogens with zero attached hydrogens (tertiary/aromatic N) is 4. The van der Waals surface area contributed by atoms with E-state index >= 15 is 0 Å². The Labute approximate surface area is 137 Å². The zero-order valence-electron chi connectivity index (χ0n) is 14.6. The third kappa shape index (κ3) is 3.23. The van der Waals surface area contributed by atoms with E-state index in [9.17, 15) is 4.79 Å². The smallest absolute Gasteiger partial charge is 0.222 e. The van der Waals surface area contributed by atoms with Gasteiger partial charge in [-0.2, -0.15) is 5.10 Å². The van der Waals surface area contributed by atoms with Crippen molar-refractivity contribution in [2.45, 2.75) is 53.4 Å². The molecule has 3 heterocycles. The van der Waals surface area contributed by atoms with Gasteiger partial charge in [-0.25, -0.2) is 9.50 Å². The highest BCUT2D eigenvalue weighted by Gasteiger charge is 2.21. The first-order valence-corrected chi connectivity index (χ1v) is 8.56. The van der Waals surface area contributed by atoms with E-state index in [1.165, 1.54) is 0 Å². The van der Waals surface area contributed by atoms with Crippen molar-refractivity contribution < 1.29 is 4.79 Å². The minimum atomic E-state index is 0.271. The molecule has 5 nitrogen and oxygen atoms in total. The van der Waals surface area contributed by atoms with Crippen LogP contribution in [0.2, 0.25) is 0 Å². The second-order valence-electron chi connectivity index (χ2n) is 6.88. The molecule has 5 heteroatoms. The maximum Gasteiger partial charge on any atom is 0.222 e. The summed E-state index contributed by atoms with van der Waals surface area (Å²) < 4.78 is 1.89. The lowest BCUT2D eigenvalue weighted by atomic mass is 9.98. The number of hydrogen-bond donors (Lipinski definition) is 0. The zero-order valence-corrected chi connectivity index (χ0v) is 14.6. The molecule has 0 aromatic carbocycles. The van der Waals surface area contributed by atoms with Gasteiger partial charge in [0.05, 0.1) is 5.69 Å². The first-order valence-electron chi connectivity index (χ1n) is 8.56. The van der Waals surface area contributed by atoms with E-state index in [2.05, 4.69) is 23.9 Å². The monoisotopic (exact) mass is 314 g/mol. The van der Waals surface area contributed by atoms with Crippen molar-refractivity contribution in [3.8, 4) is 0 Å². The first kappa shape index (κ1) is 16.0. The fourth-order valence-corrected chi connectivity index (χ4v) is 3.45. The molecule has 0 N–H and O–H groups in total. The Morgan fingerprint density at radius 2 is 1.96 bits per heavy atom. The quantitative estimate of drug-likeness (QED) is 0.875. The summed E-state index contributed by atoms with van der Waals surface area (Å²) in [7, 11) is 0. The number of fused-ring (bicyclic) bond motifs is 1. The van der Waals surface area contributed by atoms with Crippen molar-refractivity contribution in [1.29, 1.82) is 0 Å². The van der Waals surface area contributed by atoms with Crippen LogP contribution in [0.4, 0.5) is 0 Å². The van der Waals surface area contributed by atoms with Crippen molar-refractivity contribution in [3.05, 3.63) is 28.7 Å². The van der Waals surface area contributed by atoms with Gasteiger partial charge in [0.25, 0.3) is 0 Å². The Hall–Kier alpha value is -1.91. The van der Waals surface area contributed by atoms with Crippen LogP contribution in [0, 0.1) is 26.7 Å².